The Morgan fingerprint density at radius 1 is 1.21 bits per heavy atom. The van der Waals surface area contributed by atoms with Gasteiger partial charge in [0.2, 0.25) is 11.9 Å². The summed E-state index contributed by atoms with van der Waals surface area (Å²) in [6.07, 6.45) is 4.22. The molecule has 4 N–H and O–H groups in total. The average Bonchev–Trinajstić information content (AvgIpc) is 3.17. The Morgan fingerprint density at radius 3 is 2.64 bits per heavy atom. The predicted octanol–water partition coefficient (Wildman–Crippen LogP) is 3.32. The molecule has 9 nitrogen and oxygen atoms in total. The number of aliphatic imine (C=N–C) groups is 2. The first kappa shape index (κ1) is 23.1. The number of likely N-dealkylation sites (tertiary alicyclic amines) is 1. The molecule has 1 aliphatic carbocycles. The molecule has 2 fully saturated rings. The van der Waals surface area contributed by atoms with Crippen LogP contribution in [-0.4, -0.2) is 53.4 Å². The van der Waals surface area contributed by atoms with Crippen molar-refractivity contribution in [1.29, 1.82) is 0 Å². The molecule has 2 heterocycles. The number of nitrogens with two attached hydrogens (primary N) is 2. The second kappa shape index (κ2) is 8.72. The molecular weight excluding hydrogens is 427 g/mol. The lowest BCUT2D eigenvalue weighted by Gasteiger charge is -2.46. The molecule has 33 heavy (non-hydrogen) atoms. The summed E-state index contributed by atoms with van der Waals surface area (Å²) in [5, 5.41) is 0. The molecule has 1 unspecified atom stereocenters. The number of guanidine groups is 2. The van der Waals surface area contributed by atoms with E-state index in [-0.39, 0.29) is 29.8 Å². The van der Waals surface area contributed by atoms with Gasteiger partial charge in [0, 0.05) is 13.0 Å². The quantitative estimate of drug-likeness (QED) is 0.714. The second-order valence-electron chi connectivity index (χ2n) is 9.86. The molecule has 4 rings (SSSR count). The summed E-state index contributed by atoms with van der Waals surface area (Å²) < 4.78 is 27.0. The van der Waals surface area contributed by atoms with Gasteiger partial charge in [0.05, 0.1) is 6.54 Å². The van der Waals surface area contributed by atoms with E-state index in [1.54, 1.807) is 21.9 Å². The summed E-state index contributed by atoms with van der Waals surface area (Å²) in [7, 11) is 0. The minimum atomic E-state index is -0.785. The van der Waals surface area contributed by atoms with Crippen LogP contribution in [0.15, 0.2) is 28.2 Å². The van der Waals surface area contributed by atoms with Crippen molar-refractivity contribution in [2.24, 2.45) is 21.5 Å². The zero-order valence-electron chi connectivity index (χ0n) is 19.5. The van der Waals surface area contributed by atoms with Crippen LogP contribution >= 0.6 is 0 Å². The molecule has 2 aliphatic heterocycles. The van der Waals surface area contributed by atoms with Crippen LogP contribution in [-0.2, 0) is 4.74 Å². The fourth-order valence-corrected chi connectivity index (χ4v) is 4.75. The molecule has 1 atom stereocenters. The van der Waals surface area contributed by atoms with Gasteiger partial charge in [-0.1, -0.05) is 12.5 Å². The minimum Gasteiger partial charge on any atom is -0.486 e. The van der Waals surface area contributed by atoms with Gasteiger partial charge in [-0.05, 0) is 58.6 Å². The topological polar surface area (TPSA) is 119 Å². The number of carbonyl (C=O) groups excluding carboxylic acids is 1. The van der Waals surface area contributed by atoms with Crippen LogP contribution in [0.1, 0.15) is 59.3 Å². The summed E-state index contributed by atoms with van der Waals surface area (Å²) in [5.41, 5.74) is 11.1. The smallest absolute Gasteiger partial charge is 0.410 e. The van der Waals surface area contributed by atoms with Crippen molar-refractivity contribution >= 4 is 23.7 Å². The monoisotopic (exact) mass is 460 g/mol. The van der Waals surface area contributed by atoms with Gasteiger partial charge in [0.25, 0.3) is 0 Å². The van der Waals surface area contributed by atoms with Crippen molar-refractivity contribution in [2.75, 3.05) is 18.0 Å². The number of benzene rings is 1. The number of para-hydroxylation sites is 1. The summed E-state index contributed by atoms with van der Waals surface area (Å²) in [5.74, 6) is 0.0625. The van der Waals surface area contributed by atoms with Crippen molar-refractivity contribution in [3.05, 3.63) is 24.0 Å². The highest BCUT2D eigenvalue weighted by atomic mass is 19.1. The highest BCUT2D eigenvalue weighted by molar-refractivity contribution is 6.06. The average molecular weight is 461 g/mol. The summed E-state index contributed by atoms with van der Waals surface area (Å²) in [4.78, 5) is 24.4. The molecule has 1 saturated carbocycles. The molecule has 1 saturated heterocycles. The van der Waals surface area contributed by atoms with E-state index in [2.05, 4.69) is 9.98 Å². The first-order chi connectivity index (χ1) is 15.6. The third-order valence-electron chi connectivity index (χ3n) is 6.12. The van der Waals surface area contributed by atoms with Crippen LogP contribution in [0.3, 0.4) is 0 Å². The summed E-state index contributed by atoms with van der Waals surface area (Å²) >= 11 is 0. The normalized spacial score (nSPS) is 22.7. The SMILES string of the molecule is CC(C)(C)OC(=O)N1CCC(Oc2cccc(F)c2N2C(N)=NC(N)=NC23CCCCC3)C1. The lowest BCUT2D eigenvalue weighted by Crippen LogP contribution is -2.58. The predicted molar refractivity (Wildman–Crippen MR) is 125 cm³/mol. The fourth-order valence-electron chi connectivity index (χ4n) is 4.75. The number of anilines is 1. The summed E-state index contributed by atoms with van der Waals surface area (Å²) in [6, 6.07) is 4.67. The maximum atomic E-state index is 15.3. The minimum absolute atomic E-state index is 0.0983. The Labute approximate surface area is 193 Å². The Morgan fingerprint density at radius 2 is 1.94 bits per heavy atom. The molecule has 1 amide bonds. The van der Waals surface area contributed by atoms with Crippen molar-refractivity contribution in [3.63, 3.8) is 0 Å². The Bertz CT molecular complexity index is 967. The third-order valence-corrected chi connectivity index (χ3v) is 6.12. The Kier molecular flexibility index (Phi) is 6.11. The first-order valence-corrected chi connectivity index (χ1v) is 11.5. The van der Waals surface area contributed by atoms with Crippen molar-refractivity contribution in [2.45, 2.75) is 76.7 Å². The van der Waals surface area contributed by atoms with E-state index in [0.717, 1.165) is 19.3 Å². The number of nitrogens with zero attached hydrogens (tertiary/aromatic N) is 4. The molecule has 3 aliphatic rings. The lowest BCUT2D eigenvalue weighted by molar-refractivity contribution is 0.0275. The molecule has 0 aromatic heterocycles. The molecular formula is C23H33FN6O3. The standard InChI is InChI=1S/C23H33FN6O3/c1-22(2,3)33-21(31)29-13-10-15(14-29)32-17-9-7-8-16(24)18(17)30-20(26)27-19(25)28-23(30)11-5-4-6-12-23/h7-9,15H,4-6,10-14H2,1-3H3,(H4,25,26,27,28). The van der Waals surface area contributed by atoms with Crippen molar-refractivity contribution < 1.29 is 18.7 Å². The largest absolute Gasteiger partial charge is 0.486 e. The van der Waals surface area contributed by atoms with Gasteiger partial charge in [-0.15, -0.1) is 0 Å². The molecule has 0 radical (unpaired) electrons. The Hall–Kier alpha value is -3.04. The molecule has 1 aromatic carbocycles. The van der Waals surface area contributed by atoms with Crippen LogP contribution in [0.2, 0.25) is 0 Å². The van der Waals surface area contributed by atoms with Gasteiger partial charge in [0.15, 0.2) is 5.82 Å². The van der Waals surface area contributed by atoms with E-state index in [4.69, 9.17) is 20.9 Å². The Balaban J connectivity index is 1.60. The van der Waals surface area contributed by atoms with Crippen LogP contribution in [0, 0.1) is 5.82 Å². The van der Waals surface area contributed by atoms with Crippen LogP contribution in [0.25, 0.3) is 0 Å². The number of carbonyl (C=O) groups is 1. The summed E-state index contributed by atoms with van der Waals surface area (Å²) in [6.45, 7) is 6.34. The van der Waals surface area contributed by atoms with E-state index < -0.39 is 17.1 Å². The molecule has 0 bridgehead atoms. The van der Waals surface area contributed by atoms with E-state index in [9.17, 15) is 4.79 Å². The highest BCUT2D eigenvalue weighted by Crippen LogP contribution is 2.44. The van der Waals surface area contributed by atoms with Gasteiger partial charge in [-0.2, -0.15) is 4.99 Å². The maximum absolute atomic E-state index is 15.3. The molecule has 180 valence electrons. The van der Waals surface area contributed by atoms with E-state index in [1.807, 2.05) is 20.8 Å². The highest BCUT2D eigenvalue weighted by Gasteiger charge is 2.45. The maximum Gasteiger partial charge on any atom is 0.410 e. The number of hydrogen-bond acceptors (Lipinski definition) is 8. The number of hydrogen-bond donors (Lipinski definition) is 2. The van der Waals surface area contributed by atoms with Crippen LogP contribution in [0.4, 0.5) is 14.9 Å². The van der Waals surface area contributed by atoms with Crippen molar-refractivity contribution in [1.82, 2.24) is 4.90 Å². The number of rotatable bonds is 3. The van der Waals surface area contributed by atoms with Gasteiger partial charge >= 0.3 is 6.09 Å². The molecule has 1 spiro atoms. The first-order valence-electron chi connectivity index (χ1n) is 11.5. The van der Waals surface area contributed by atoms with Gasteiger partial charge in [0.1, 0.15) is 28.8 Å². The number of ether oxygens (including phenoxy) is 2. The van der Waals surface area contributed by atoms with Gasteiger partial charge < -0.3 is 25.8 Å². The van der Waals surface area contributed by atoms with Gasteiger partial charge in [-0.25, -0.2) is 14.2 Å². The van der Waals surface area contributed by atoms with Crippen LogP contribution in [0.5, 0.6) is 5.75 Å². The third kappa shape index (κ3) is 4.84. The van der Waals surface area contributed by atoms with E-state index in [0.29, 0.717) is 38.1 Å². The number of halogens is 1. The van der Waals surface area contributed by atoms with Gasteiger partial charge in [-0.3, -0.25) is 4.90 Å². The fraction of sp³-hybridized carbons (Fsp3) is 0.609. The zero-order valence-corrected chi connectivity index (χ0v) is 19.5. The van der Waals surface area contributed by atoms with Crippen LogP contribution < -0.4 is 21.1 Å². The van der Waals surface area contributed by atoms with Crippen molar-refractivity contribution in [3.8, 4) is 5.75 Å². The second-order valence-corrected chi connectivity index (χ2v) is 9.86. The molecule has 10 heteroatoms. The zero-order chi connectivity index (χ0) is 23.8. The lowest BCUT2D eigenvalue weighted by atomic mass is 9.87. The van der Waals surface area contributed by atoms with E-state index in [1.165, 1.54) is 6.07 Å². The molecule has 1 aromatic rings. The van der Waals surface area contributed by atoms with E-state index >= 15 is 4.39 Å². The number of amides is 1.